The predicted molar refractivity (Wildman–Crippen MR) is 126 cm³/mol. The minimum Gasteiger partial charge on any atom is -0.481 e. The van der Waals surface area contributed by atoms with Crippen LogP contribution in [-0.2, 0) is 4.79 Å². The maximum atomic E-state index is 13.1. The largest absolute Gasteiger partial charge is 0.481 e. The van der Waals surface area contributed by atoms with E-state index in [2.05, 4.69) is 29.1 Å². The number of carboxylic acid groups (broad SMARTS) is 1. The molecule has 6 nitrogen and oxygen atoms in total. The summed E-state index contributed by atoms with van der Waals surface area (Å²) in [5.41, 5.74) is 0.971. The van der Waals surface area contributed by atoms with Crippen LogP contribution in [0.4, 0.5) is 9.93 Å². The summed E-state index contributed by atoms with van der Waals surface area (Å²) < 4.78 is 0.768. The van der Waals surface area contributed by atoms with Crippen molar-refractivity contribution in [3.05, 3.63) is 42.1 Å². The fourth-order valence-corrected chi connectivity index (χ4v) is 5.13. The molecule has 2 N–H and O–H groups in total. The van der Waals surface area contributed by atoms with Gasteiger partial charge in [0, 0.05) is 24.6 Å². The number of carbonyl (C=O) groups is 2. The van der Waals surface area contributed by atoms with Crippen molar-refractivity contribution < 1.29 is 14.7 Å². The van der Waals surface area contributed by atoms with Gasteiger partial charge in [0.2, 0.25) is 0 Å². The van der Waals surface area contributed by atoms with Gasteiger partial charge in [-0.1, -0.05) is 48.3 Å². The van der Waals surface area contributed by atoms with E-state index in [1.807, 2.05) is 35.2 Å². The Balaban J connectivity index is 1.62. The third-order valence-electron chi connectivity index (χ3n) is 5.21. The second-order valence-corrected chi connectivity index (χ2v) is 9.93. The van der Waals surface area contributed by atoms with E-state index in [1.165, 1.54) is 23.1 Å². The van der Waals surface area contributed by atoms with Crippen LogP contribution in [0.15, 0.2) is 40.7 Å². The van der Waals surface area contributed by atoms with E-state index in [0.717, 1.165) is 35.5 Å². The molecule has 1 fully saturated rings. The van der Waals surface area contributed by atoms with E-state index in [-0.39, 0.29) is 17.8 Å². The van der Waals surface area contributed by atoms with Gasteiger partial charge in [0.25, 0.3) is 0 Å². The minimum absolute atomic E-state index is 0.0257. The van der Waals surface area contributed by atoms with Crippen LogP contribution in [0, 0.1) is 17.8 Å². The van der Waals surface area contributed by atoms with Crippen molar-refractivity contribution in [3.63, 3.8) is 0 Å². The highest BCUT2D eigenvalue weighted by Gasteiger charge is 2.27. The topological polar surface area (TPSA) is 82.5 Å². The molecule has 1 aromatic heterocycles. The van der Waals surface area contributed by atoms with Crippen LogP contribution in [0.3, 0.4) is 0 Å². The number of hydrogen-bond acceptors (Lipinski definition) is 5. The zero-order valence-corrected chi connectivity index (χ0v) is 19.2. The molecule has 0 aliphatic heterocycles. The molecule has 3 rings (SSSR count). The molecule has 0 radical (unpaired) electrons. The number of urea groups is 1. The molecule has 31 heavy (non-hydrogen) atoms. The van der Waals surface area contributed by atoms with Gasteiger partial charge in [-0.05, 0) is 43.7 Å². The van der Waals surface area contributed by atoms with Crippen molar-refractivity contribution >= 4 is 40.2 Å². The summed E-state index contributed by atoms with van der Waals surface area (Å²) in [7, 11) is 0. The number of anilines is 1. The van der Waals surface area contributed by atoms with Crippen molar-refractivity contribution in [3.8, 4) is 11.8 Å². The normalized spacial score (nSPS) is 18.0. The molecule has 2 aromatic rings. The molecular formula is C23H27N3O3S2. The highest BCUT2D eigenvalue weighted by molar-refractivity contribution is 8.01. The summed E-state index contributed by atoms with van der Waals surface area (Å²) >= 11 is 2.50. The number of hydrogen-bond donors (Lipinski definition) is 2. The Labute approximate surface area is 191 Å². The highest BCUT2D eigenvalue weighted by atomic mass is 32.2. The Morgan fingerprint density at radius 2 is 2.00 bits per heavy atom. The van der Waals surface area contributed by atoms with Gasteiger partial charge < -0.3 is 10.0 Å². The Bertz CT molecular complexity index is 928. The number of amides is 2. The van der Waals surface area contributed by atoms with E-state index in [1.54, 1.807) is 6.20 Å². The number of nitrogens with zero attached hydrogens (tertiary/aromatic N) is 2. The second-order valence-electron chi connectivity index (χ2n) is 7.62. The van der Waals surface area contributed by atoms with Crippen LogP contribution in [0.2, 0.25) is 0 Å². The van der Waals surface area contributed by atoms with Gasteiger partial charge in [-0.2, -0.15) is 0 Å². The molecule has 1 aliphatic carbocycles. The number of carbonyl (C=O) groups excluding carboxylic acids is 1. The van der Waals surface area contributed by atoms with E-state index in [4.69, 9.17) is 5.11 Å². The summed E-state index contributed by atoms with van der Waals surface area (Å²) in [6.45, 7) is 2.83. The Kier molecular flexibility index (Phi) is 8.80. The first-order chi connectivity index (χ1) is 15.0. The molecule has 1 aliphatic rings. The number of aliphatic carboxylic acids is 1. The lowest BCUT2D eigenvalue weighted by Crippen LogP contribution is -2.45. The van der Waals surface area contributed by atoms with Gasteiger partial charge >= 0.3 is 12.0 Å². The third kappa shape index (κ3) is 7.60. The maximum absolute atomic E-state index is 13.1. The number of carboxylic acids is 1. The van der Waals surface area contributed by atoms with E-state index in [0.29, 0.717) is 24.0 Å². The number of aromatic nitrogens is 1. The number of benzene rings is 1. The quantitative estimate of drug-likeness (QED) is 0.442. The van der Waals surface area contributed by atoms with Crippen LogP contribution < -0.4 is 5.32 Å². The predicted octanol–water partition coefficient (Wildman–Crippen LogP) is 5.17. The van der Waals surface area contributed by atoms with Crippen LogP contribution in [-0.4, -0.2) is 45.3 Å². The molecule has 0 bridgehead atoms. The lowest BCUT2D eigenvalue weighted by atomic mass is 9.86. The fraction of sp³-hybridized carbons (Fsp3) is 0.435. The first-order valence-electron chi connectivity index (χ1n) is 10.4. The van der Waals surface area contributed by atoms with E-state index >= 15 is 0 Å². The summed E-state index contributed by atoms with van der Waals surface area (Å²) in [5.74, 6) is 6.14. The number of thioether (sulfide) groups is 1. The van der Waals surface area contributed by atoms with E-state index in [9.17, 15) is 9.59 Å². The van der Waals surface area contributed by atoms with Crippen LogP contribution in [0.1, 0.15) is 44.6 Å². The lowest BCUT2D eigenvalue weighted by molar-refractivity contribution is -0.133. The lowest BCUT2D eigenvalue weighted by Gasteiger charge is -2.35. The molecule has 1 aromatic carbocycles. The van der Waals surface area contributed by atoms with Crippen molar-refractivity contribution in [2.45, 2.75) is 49.3 Å². The fourth-order valence-electron chi connectivity index (χ4n) is 3.55. The van der Waals surface area contributed by atoms with Gasteiger partial charge in [-0.3, -0.25) is 10.1 Å². The Morgan fingerprint density at radius 1 is 1.26 bits per heavy atom. The number of rotatable bonds is 7. The SMILES string of the molecule is CC1CCC(N(CCC#Cc2ccccc2)C(=O)Nc2ncc(SCC(=O)O)s2)CC1. The first kappa shape index (κ1) is 23.2. The molecule has 0 spiro atoms. The first-order valence-corrected chi connectivity index (χ1v) is 12.2. The van der Waals surface area contributed by atoms with Gasteiger partial charge in [-0.15, -0.1) is 11.8 Å². The van der Waals surface area contributed by atoms with Crippen molar-refractivity contribution in [2.75, 3.05) is 17.6 Å². The van der Waals surface area contributed by atoms with Crippen molar-refractivity contribution in [1.82, 2.24) is 9.88 Å². The number of nitrogens with one attached hydrogen (secondary N) is 1. The smallest absolute Gasteiger partial charge is 0.323 e. The summed E-state index contributed by atoms with van der Waals surface area (Å²) in [4.78, 5) is 29.9. The van der Waals surface area contributed by atoms with Gasteiger partial charge in [0.05, 0.1) is 16.2 Å². The molecule has 0 unspecified atom stereocenters. The molecule has 1 heterocycles. The Hall–Kier alpha value is -2.50. The van der Waals surface area contributed by atoms with Gasteiger partial charge in [0.15, 0.2) is 5.13 Å². The molecule has 8 heteroatoms. The van der Waals surface area contributed by atoms with Crippen LogP contribution in [0.25, 0.3) is 0 Å². The second kappa shape index (κ2) is 11.8. The zero-order chi connectivity index (χ0) is 22.1. The summed E-state index contributed by atoms with van der Waals surface area (Å²) in [5, 5.41) is 12.2. The van der Waals surface area contributed by atoms with E-state index < -0.39 is 5.97 Å². The summed E-state index contributed by atoms with van der Waals surface area (Å²) in [6.07, 6.45) is 6.45. The molecule has 164 valence electrons. The standard InChI is InChI=1S/C23H27N3O3S2/c1-17-10-12-19(13-11-17)26(14-6-5-9-18-7-3-2-4-8-18)23(29)25-22-24-15-21(31-22)30-16-20(27)28/h2-4,7-8,15,17,19H,6,10-14,16H2,1H3,(H,27,28)(H,24,25,29). The average molecular weight is 458 g/mol. The highest BCUT2D eigenvalue weighted by Crippen LogP contribution is 2.30. The average Bonchev–Trinajstić information content (AvgIpc) is 3.21. The van der Waals surface area contributed by atoms with Crippen LogP contribution in [0.5, 0.6) is 0 Å². The molecule has 0 saturated heterocycles. The molecule has 1 saturated carbocycles. The van der Waals surface area contributed by atoms with Crippen molar-refractivity contribution in [1.29, 1.82) is 0 Å². The van der Waals surface area contributed by atoms with Crippen LogP contribution >= 0.6 is 23.1 Å². The molecule has 0 atom stereocenters. The minimum atomic E-state index is -0.877. The van der Waals surface area contributed by atoms with Gasteiger partial charge in [-0.25, -0.2) is 9.78 Å². The Morgan fingerprint density at radius 3 is 2.71 bits per heavy atom. The maximum Gasteiger partial charge on any atom is 0.323 e. The summed E-state index contributed by atoms with van der Waals surface area (Å²) in [6, 6.07) is 9.88. The molecule has 2 amide bonds. The number of thiazole rings is 1. The monoisotopic (exact) mass is 457 g/mol. The van der Waals surface area contributed by atoms with Gasteiger partial charge in [0.1, 0.15) is 0 Å². The zero-order valence-electron chi connectivity index (χ0n) is 17.5. The third-order valence-corrected chi connectivity index (χ3v) is 7.30. The molecular weight excluding hydrogens is 430 g/mol. The van der Waals surface area contributed by atoms with Crippen molar-refractivity contribution in [2.24, 2.45) is 5.92 Å².